The summed E-state index contributed by atoms with van der Waals surface area (Å²) < 4.78 is 10.2. The molecular formula is C13H10O4. The number of rotatable bonds is 2. The monoisotopic (exact) mass is 230 g/mol. The van der Waals surface area contributed by atoms with E-state index in [1.54, 1.807) is 18.2 Å². The maximum Gasteiger partial charge on any atom is 0.196 e. The first-order valence-electron chi connectivity index (χ1n) is 5.31. The van der Waals surface area contributed by atoms with E-state index in [2.05, 4.69) is 0 Å². The van der Waals surface area contributed by atoms with E-state index in [4.69, 9.17) is 9.47 Å². The molecule has 0 N–H and O–H groups in total. The second-order valence-electron chi connectivity index (χ2n) is 4.00. The zero-order valence-electron chi connectivity index (χ0n) is 9.23. The number of carbonyl (C=O) groups excluding carboxylic acids is 2. The van der Waals surface area contributed by atoms with Crippen molar-refractivity contribution in [1.82, 2.24) is 0 Å². The van der Waals surface area contributed by atoms with E-state index in [-0.39, 0.29) is 17.7 Å². The molecule has 3 rings (SSSR count). The fourth-order valence-corrected chi connectivity index (χ4v) is 2.04. The van der Waals surface area contributed by atoms with Crippen LogP contribution in [-0.2, 0) is 4.74 Å². The van der Waals surface area contributed by atoms with Gasteiger partial charge in [-0.1, -0.05) is 12.1 Å². The van der Waals surface area contributed by atoms with Crippen molar-refractivity contribution in [2.24, 2.45) is 0 Å². The fraction of sp³-hybridized carbons (Fsp3) is 0.231. The number of methoxy groups -OCH3 is 1. The molecule has 86 valence electrons. The molecule has 0 bridgehead atoms. The molecule has 1 aromatic carbocycles. The minimum absolute atomic E-state index is 0.163. The lowest BCUT2D eigenvalue weighted by molar-refractivity contribution is 0.0975. The Hall–Kier alpha value is -1.94. The summed E-state index contributed by atoms with van der Waals surface area (Å²) in [6.07, 6.45) is 1.16. The van der Waals surface area contributed by atoms with Crippen LogP contribution < -0.4 is 4.74 Å². The van der Waals surface area contributed by atoms with Gasteiger partial charge >= 0.3 is 0 Å². The fourth-order valence-electron chi connectivity index (χ4n) is 2.04. The van der Waals surface area contributed by atoms with Gasteiger partial charge in [-0.3, -0.25) is 9.59 Å². The minimum Gasteiger partial charge on any atom is -0.496 e. The van der Waals surface area contributed by atoms with Gasteiger partial charge in [0.25, 0.3) is 0 Å². The van der Waals surface area contributed by atoms with Crippen LogP contribution in [0.15, 0.2) is 29.8 Å². The zero-order chi connectivity index (χ0) is 12.0. The van der Waals surface area contributed by atoms with Crippen molar-refractivity contribution in [3.63, 3.8) is 0 Å². The number of carbonyl (C=O) groups is 2. The lowest BCUT2D eigenvalue weighted by Crippen LogP contribution is -2.20. The lowest BCUT2D eigenvalue weighted by atomic mass is 9.87. The second kappa shape index (κ2) is 3.53. The van der Waals surface area contributed by atoms with Gasteiger partial charge in [-0.2, -0.15) is 0 Å². The number of fused-ring (bicyclic) bond motifs is 1. The van der Waals surface area contributed by atoms with E-state index in [1.807, 2.05) is 0 Å². The van der Waals surface area contributed by atoms with E-state index in [9.17, 15) is 9.59 Å². The Balaban J connectivity index is 2.18. The first-order valence-corrected chi connectivity index (χ1v) is 5.31. The van der Waals surface area contributed by atoms with Crippen LogP contribution in [0.4, 0.5) is 0 Å². The number of ketones is 2. The Morgan fingerprint density at radius 3 is 2.76 bits per heavy atom. The van der Waals surface area contributed by atoms with Gasteiger partial charge in [0.05, 0.1) is 19.3 Å². The summed E-state index contributed by atoms with van der Waals surface area (Å²) in [6, 6.07) is 5.02. The Labute approximate surface area is 97.8 Å². The summed E-state index contributed by atoms with van der Waals surface area (Å²) >= 11 is 0. The van der Waals surface area contributed by atoms with Gasteiger partial charge in [-0.05, 0) is 12.1 Å². The first kappa shape index (κ1) is 10.2. The maximum absolute atomic E-state index is 12.2. The van der Waals surface area contributed by atoms with Crippen LogP contribution in [0.1, 0.15) is 20.7 Å². The van der Waals surface area contributed by atoms with Crippen LogP contribution in [0.25, 0.3) is 0 Å². The maximum atomic E-state index is 12.2. The molecule has 4 nitrogen and oxygen atoms in total. The standard InChI is InChI=1S/C13H10O4/c1-16-10-4-2-3-7-9(14)5-8(11-6-17-11)13(15)12(7)10/h2-5,11H,6H2,1H3. The normalized spacial score (nSPS) is 21.9. The van der Waals surface area contributed by atoms with E-state index in [0.29, 0.717) is 29.1 Å². The third-order valence-corrected chi connectivity index (χ3v) is 2.97. The highest BCUT2D eigenvalue weighted by Gasteiger charge is 2.38. The van der Waals surface area contributed by atoms with Crippen LogP contribution in [0.2, 0.25) is 0 Å². The number of epoxide rings is 1. The molecule has 1 aromatic rings. The number of benzene rings is 1. The van der Waals surface area contributed by atoms with Crippen LogP contribution in [-0.4, -0.2) is 31.4 Å². The summed E-state index contributed by atoms with van der Waals surface area (Å²) in [5.41, 5.74) is 1.19. The van der Waals surface area contributed by atoms with Crippen molar-refractivity contribution >= 4 is 11.6 Å². The van der Waals surface area contributed by atoms with Crippen molar-refractivity contribution in [3.05, 3.63) is 41.0 Å². The Kier molecular flexibility index (Phi) is 2.12. The predicted octanol–water partition coefficient (Wildman–Crippen LogP) is 1.40. The van der Waals surface area contributed by atoms with Crippen LogP contribution in [0.5, 0.6) is 5.75 Å². The molecule has 1 fully saturated rings. The predicted molar refractivity (Wildman–Crippen MR) is 59.5 cm³/mol. The summed E-state index contributed by atoms with van der Waals surface area (Å²) in [4.78, 5) is 24.1. The minimum atomic E-state index is -0.218. The molecule has 0 saturated carbocycles. The molecule has 0 spiro atoms. The van der Waals surface area contributed by atoms with Crippen molar-refractivity contribution < 1.29 is 19.1 Å². The number of allylic oxidation sites excluding steroid dienone is 1. The third kappa shape index (κ3) is 1.49. The lowest BCUT2D eigenvalue weighted by Gasteiger charge is -2.16. The van der Waals surface area contributed by atoms with Crippen LogP contribution in [0, 0.1) is 0 Å². The average Bonchev–Trinajstić information content (AvgIpc) is 3.17. The molecular weight excluding hydrogens is 220 g/mol. The van der Waals surface area contributed by atoms with Gasteiger partial charge in [0.15, 0.2) is 11.6 Å². The van der Waals surface area contributed by atoms with E-state index >= 15 is 0 Å². The number of Topliss-reactive ketones (excluding diaryl/α,β-unsaturated/α-hetero) is 1. The summed E-state index contributed by atoms with van der Waals surface area (Å²) in [6.45, 7) is 0.509. The highest BCUT2D eigenvalue weighted by atomic mass is 16.6. The summed E-state index contributed by atoms with van der Waals surface area (Å²) in [5, 5.41) is 0. The van der Waals surface area contributed by atoms with Gasteiger partial charge < -0.3 is 9.47 Å². The van der Waals surface area contributed by atoms with Gasteiger partial charge in [0.2, 0.25) is 0 Å². The van der Waals surface area contributed by atoms with Crippen molar-refractivity contribution in [2.45, 2.75) is 6.10 Å². The molecule has 17 heavy (non-hydrogen) atoms. The largest absolute Gasteiger partial charge is 0.496 e. The van der Waals surface area contributed by atoms with Gasteiger partial charge in [0, 0.05) is 11.1 Å². The van der Waals surface area contributed by atoms with Crippen LogP contribution in [0.3, 0.4) is 0 Å². The van der Waals surface area contributed by atoms with Crippen LogP contribution >= 0.6 is 0 Å². The Bertz CT molecular complexity index is 553. The topological polar surface area (TPSA) is 55.9 Å². The SMILES string of the molecule is COc1cccc2c1C(=O)C(C1CO1)=CC2=O. The Morgan fingerprint density at radius 2 is 2.12 bits per heavy atom. The molecule has 2 aliphatic rings. The molecule has 1 aliphatic heterocycles. The van der Waals surface area contributed by atoms with Gasteiger partial charge in [0.1, 0.15) is 11.9 Å². The highest BCUT2D eigenvalue weighted by Crippen LogP contribution is 2.33. The van der Waals surface area contributed by atoms with E-state index in [1.165, 1.54) is 13.2 Å². The average molecular weight is 230 g/mol. The molecule has 0 aromatic heterocycles. The van der Waals surface area contributed by atoms with Crippen molar-refractivity contribution in [2.75, 3.05) is 13.7 Å². The molecule has 1 saturated heterocycles. The number of hydrogen-bond donors (Lipinski definition) is 0. The molecule has 1 unspecified atom stereocenters. The third-order valence-electron chi connectivity index (χ3n) is 2.97. The van der Waals surface area contributed by atoms with Crippen molar-refractivity contribution in [3.8, 4) is 5.75 Å². The summed E-state index contributed by atoms with van der Waals surface area (Å²) in [7, 11) is 1.49. The molecule has 1 atom stereocenters. The molecule has 4 heteroatoms. The van der Waals surface area contributed by atoms with E-state index < -0.39 is 0 Å². The quantitative estimate of drug-likeness (QED) is 0.720. The Morgan fingerprint density at radius 1 is 1.35 bits per heavy atom. The van der Waals surface area contributed by atoms with Crippen molar-refractivity contribution in [1.29, 1.82) is 0 Å². The molecule has 1 aliphatic carbocycles. The molecule has 0 amide bonds. The zero-order valence-corrected chi connectivity index (χ0v) is 9.23. The highest BCUT2D eigenvalue weighted by molar-refractivity contribution is 6.26. The summed E-state index contributed by atoms with van der Waals surface area (Å²) in [5.74, 6) is 0.107. The van der Waals surface area contributed by atoms with E-state index in [0.717, 1.165) is 0 Å². The number of hydrogen-bond acceptors (Lipinski definition) is 4. The molecule has 0 radical (unpaired) electrons. The molecule has 1 heterocycles. The number of ether oxygens (including phenoxy) is 2. The second-order valence-corrected chi connectivity index (χ2v) is 4.00. The van der Waals surface area contributed by atoms with Gasteiger partial charge in [-0.15, -0.1) is 0 Å². The smallest absolute Gasteiger partial charge is 0.196 e. The van der Waals surface area contributed by atoms with Gasteiger partial charge in [-0.25, -0.2) is 0 Å². The first-order chi connectivity index (χ1) is 8.22.